The molecule has 0 fully saturated rings. The van der Waals surface area contributed by atoms with Gasteiger partial charge in [0, 0.05) is 42.4 Å². The van der Waals surface area contributed by atoms with E-state index in [2.05, 4.69) is 57.8 Å². The Morgan fingerprint density at radius 1 is 0.825 bits per heavy atom. The topological polar surface area (TPSA) is 82.9 Å². The summed E-state index contributed by atoms with van der Waals surface area (Å²) in [6.07, 6.45) is 5.47. The molecule has 0 radical (unpaired) electrons. The maximum atomic E-state index is 13.6. The van der Waals surface area contributed by atoms with Gasteiger partial charge < -0.3 is 14.3 Å². The van der Waals surface area contributed by atoms with Crippen molar-refractivity contribution in [2.24, 2.45) is 24.3 Å². The summed E-state index contributed by atoms with van der Waals surface area (Å²) in [6, 6.07) is 14.6. The highest BCUT2D eigenvalue weighted by molar-refractivity contribution is 7.89. The summed E-state index contributed by atoms with van der Waals surface area (Å²) in [6.45, 7) is 2.85. The van der Waals surface area contributed by atoms with E-state index in [1.807, 2.05) is 72.0 Å². The van der Waals surface area contributed by atoms with Crippen LogP contribution in [-0.2, 0) is 24.1 Å². The van der Waals surface area contributed by atoms with Crippen LogP contribution in [0.5, 0.6) is 0 Å². The lowest BCUT2D eigenvalue weighted by molar-refractivity contribution is -0.870. The van der Waals surface area contributed by atoms with E-state index < -0.39 is 10.0 Å². The molecule has 2 aromatic carbocycles. The van der Waals surface area contributed by atoms with Crippen LogP contribution in [0.2, 0.25) is 0 Å². The number of hydrogen-bond acceptors (Lipinski definition) is 5. The van der Waals surface area contributed by atoms with Crippen molar-refractivity contribution in [1.29, 1.82) is 0 Å². The molecule has 0 aliphatic carbocycles. The van der Waals surface area contributed by atoms with Gasteiger partial charge in [-0.15, -0.1) is 0 Å². The Kier molecular flexibility index (Phi) is 10.2. The zero-order valence-corrected chi connectivity index (χ0v) is 26.2. The van der Waals surface area contributed by atoms with Crippen LogP contribution in [0, 0.1) is 0 Å². The van der Waals surface area contributed by atoms with Crippen LogP contribution in [0.3, 0.4) is 0 Å². The van der Waals surface area contributed by atoms with Gasteiger partial charge in [-0.05, 0) is 48.5 Å². The van der Waals surface area contributed by atoms with Gasteiger partial charge in [-0.3, -0.25) is 0 Å². The first-order valence-corrected chi connectivity index (χ1v) is 15.1. The molecule has 0 spiro atoms. The van der Waals surface area contributed by atoms with Crippen molar-refractivity contribution in [2.75, 3.05) is 73.8 Å². The van der Waals surface area contributed by atoms with E-state index in [1.165, 1.54) is 0 Å². The minimum absolute atomic E-state index is 0.318. The van der Waals surface area contributed by atoms with E-state index in [0.717, 1.165) is 57.9 Å². The molecule has 0 saturated heterocycles. The number of quaternary nitrogens is 2. The number of sulfonamides is 1. The highest BCUT2D eigenvalue weighted by Gasteiger charge is 2.25. The number of anilines is 2. The third-order valence-corrected chi connectivity index (χ3v) is 8.43. The van der Waals surface area contributed by atoms with Crippen LogP contribution in [0.4, 0.5) is 23.0 Å². The molecule has 0 bridgehead atoms. The third kappa shape index (κ3) is 9.51. The first-order chi connectivity index (χ1) is 18.6. The first-order valence-electron chi connectivity index (χ1n) is 13.6. The van der Waals surface area contributed by atoms with Crippen LogP contribution < -0.4 is 9.88 Å². The molecule has 1 heterocycles. The minimum atomic E-state index is -3.60. The van der Waals surface area contributed by atoms with E-state index in [-0.39, 0.29) is 0 Å². The summed E-state index contributed by atoms with van der Waals surface area (Å²) in [5.41, 5.74) is 2.43. The molecule has 3 rings (SSSR count). The van der Waals surface area contributed by atoms with Gasteiger partial charge in [-0.25, -0.2) is 17.6 Å². The number of aryl methyl sites for hydroxylation is 2. The number of imidazole rings is 1. The molecule has 218 valence electrons. The number of nitrogens with zero attached hydrogens (tertiary/aromatic N) is 7. The Bertz CT molecular complexity index is 1330. The Morgan fingerprint density at radius 2 is 1.32 bits per heavy atom. The van der Waals surface area contributed by atoms with Gasteiger partial charge in [0.15, 0.2) is 0 Å². The Labute approximate surface area is 240 Å². The summed E-state index contributed by atoms with van der Waals surface area (Å²) in [5, 5.41) is 12.0. The van der Waals surface area contributed by atoms with Crippen molar-refractivity contribution in [2.45, 2.75) is 17.7 Å². The standard InChI is InChI=1S/C29H46N8O2S/c1-33-21-22-34(2)29(33)32-31-27-13-11-25(12-14-27)30-26-15-17-28(18-16-26)40(38,39)35(19-9-23-36(3,4)5)20-10-24-37(6,7)8/h11-18,21-22H,9-10,19-20,23-24H2,1-8H3/q+2/p+1. The molecule has 0 amide bonds. The number of aromatic nitrogens is 2. The summed E-state index contributed by atoms with van der Waals surface area (Å²) in [7, 11) is 13.0. The molecular weight excluding hydrogens is 524 g/mol. The highest BCUT2D eigenvalue weighted by Crippen LogP contribution is 2.24. The minimum Gasteiger partial charge on any atom is -0.356 e. The number of benzene rings is 2. The number of hydrogen-bond donors (Lipinski definition) is 1. The van der Waals surface area contributed by atoms with Crippen LogP contribution in [-0.4, -0.2) is 94.7 Å². The SMILES string of the molecule is Cn1cc[n+](C)c1/N=N/c1ccc(Nc2ccc(S(=O)(=O)N(CCC[N+](C)(C)C)CCC[N+](C)(C)C)cc2)cc1. The second-order valence-corrected chi connectivity index (χ2v) is 14.3. The van der Waals surface area contributed by atoms with Crippen LogP contribution in [0.25, 0.3) is 0 Å². The van der Waals surface area contributed by atoms with Crippen LogP contribution in [0.15, 0.2) is 76.0 Å². The zero-order valence-electron chi connectivity index (χ0n) is 25.4. The van der Waals surface area contributed by atoms with Crippen molar-refractivity contribution in [3.63, 3.8) is 0 Å². The molecule has 10 nitrogen and oxygen atoms in total. The monoisotopic (exact) mass is 571 g/mol. The second kappa shape index (κ2) is 13.0. The van der Waals surface area contributed by atoms with Gasteiger partial charge in [-0.1, -0.05) is 5.11 Å². The van der Waals surface area contributed by atoms with E-state index in [4.69, 9.17) is 0 Å². The lowest BCUT2D eigenvalue weighted by Gasteiger charge is -2.28. The van der Waals surface area contributed by atoms with Gasteiger partial charge >= 0.3 is 5.95 Å². The van der Waals surface area contributed by atoms with E-state index in [0.29, 0.717) is 18.0 Å². The maximum Gasteiger partial charge on any atom is 0.421 e. The van der Waals surface area contributed by atoms with Crippen molar-refractivity contribution >= 4 is 33.0 Å². The predicted octanol–water partition coefficient (Wildman–Crippen LogP) is 4.19. The molecular formula is C29H47N8O2S+3. The normalized spacial score (nSPS) is 12.9. The molecule has 1 aromatic heterocycles. The van der Waals surface area contributed by atoms with Gasteiger partial charge in [0.25, 0.3) is 0 Å². The maximum absolute atomic E-state index is 13.6. The molecule has 0 atom stereocenters. The number of nitrogens with one attached hydrogen (secondary N) is 1. The number of rotatable bonds is 14. The molecule has 1 N–H and O–H groups in total. The fourth-order valence-corrected chi connectivity index (χ4v) is 5.78. The summed E-state index contributed by atoms with van der Waals surface area (Å²) in [5.74, 6) is 0.748. The number of azo groups is 1. The van der Waals surface area contributed by atoms with E-state index >= 15 is 0 Å². The second-order valence-electron chi connectivity index (χ2n) is 12.4. The molecule has 3 aromatic rings. The zero-order chi connectivity index (χ0) is 29.6. The van der Waals surface area contributed by atoms with Crippen molar-refractivity contribution in [3.8, 4) is 0 Å². The molecule has 0 unspecified atom stereocenters. The van der Waals surface area contributed by atoms with Crippen molar-refractivity contribution in [1.82, 2.24) is 8.87 Å². The lowest BCUT2D eigenvalue weighted by atomic mass is 10.2. The predicted molar refractivity (Wildman–Crippen MR) is 161 cm³/mol. The lowest BCUT2D eigenvalue weighted by Crippen LogP contribution is -2.41. The summed E-state index contributed by atoms with van der Waals surface area (Å²) < 4.78 is 34.3. The Balaban J connectivity index is 1.67. The molecule has 0 aliphatic heterocycles. The highest BCUT2D eigenvalue weighted by atomic mass is 32.2. The largest absolute Gasteiger partial charge is 0.421 e. The molecule has 11 heteroatoms. The quantitative estimate of drug-likeness (QED) is 0.179. The Morgan fingerprint density at radius 3 is 1.77 bits per heavy atom. The molecule has 0 aliphatic rings. The van der Waals surface area contributed by atoms with Gasteiger partial charge in [-0.2, -0.15) is 4.31 Å². The molecule has 40 heavy (non-hydrogen) atoms. The smallest absolute Gasteiger partial charge is 0.356 e. The fourth-order valence-electron chi connectivity index (χ4n) is 4.26. The van der Waals surface area contributed by atoms with E-state index in [9.17, 15) is 8.42 Å². The average molecular weight is 572 g/mol. The van der Waals surface area contributed by atoms with E-state index in [1.54, 1.807) is 16.4 Å². The first kappa shape index (κ1) is 31.4. The Hall–Kier alpha value is -3.12. The van der Waals surface area contributed by atoms with Crippen molar-refractivity contribution < 1.29 is 22.0 Å². The van der Waals surface area contributed by atoms with Crippen LogP contribution in [0.1, 0.15) is 12.8 Å². The average Bonchev–Trinajstić information content (AvgIpc) is 3.18. The van der Waals surface area contributed by atoms with Crippen molar-refractivity contribution in [3.05, 3.63) is 60.9 Å². The van der Waals surface area contributed by atoms with Gasteiger partial charge in [0.05, 0.1) is 86.8 Å². The fraction of sp³-hybridized carbons (Fsp3) is 0.483. The summed E-state index contributed by atoms with van der Waals surface area (Å²) in [4.78, 5) is 0.318. The van der Waals surface area contributed by atoms with Gasteiger partial charge in [0.2, 0.25) is 10.0 Å². The van der Waals surface area contributed by atoms with Crippen LogP contribution >= 0.6 is 0 Å². The third-order valence-electron chi connectivity index (χ3n) is 6.52. The van der Waals surface area contributed by atoms with Gasteiger partial charge in [0.1, 0.15) is 5.69 Å². The summed E-state index contributed by atoms with van der Waals surface area (Å²) >= 11 is 0. The molecule has 0 saturated carbocycles.